The number of amides is 1. The Morgan fingerprint density at radius 1 is 1.33 bits per heavy atom. The molecule has 1 amide bonds. The number of piperidine rings is 1. The number of likely N-dealkylation sites (tertiary alicyclic amines) is 1. The van der Waals surface area contributed by atoms with E-state index in [0.29, 0.717) is 13.1 Å². The highest BCUT2D eigenvalue weighted by Gasteiger charge is 2.36. The fourth-order valence-electron chi connectivity index (χ4n) is 2.76. The van der Waals surface area contributed by atoms with Gasteiger partial charge < -0.3 is 15.8 Å². The van der Waals surface area contributed by atoms with Crippen LogP contribution in [-0.2, 0) is 4.79 Å². The number of nitrogens with zero attached hydrogens (tertiary/aromatic N) is 2. The van der Waals surface area contributed by atoms with Crippen molar-refractivity contribution in [3.8, 4) is 0 Å². The minimum atomic E-state index is -0.318. The topological polar surface area (TPSA) is 78.9 Å². The van der Waals surface area contributed by atoms with Crippen molar-refractivity contribution in [2.24, 2.45) is 16.3 Å². The van der Waals surface area contributed by atoms with Crippen molar-refractivity contribution >= 4 is 11.7 Å². The Morgan fingerprint density at radius 3 is 2.43 bits per heavy atom. The molecule has 1 aromatic carbocycles. The maximum absolute atomic E-state index is 12.6. The Balaban J connectivity index is 2.01. The zero-order valence-electron chi connectivity index (χ0n) is 12.6. The van der Waals surface area contributed by atoms with Gasteiger partial charge in [0.15, 0.2) is 0 Å². The van der Waals surface area contributed by atoms with Crippen molar-refractivity contribution in [3.05, 3.63) is 35.9 Å². The highest BCUT2D eigenvalue weighted by molar-refractivity contribution is 5.87. The summed E-state index contributed by atoms with van der Waals surface area (Å²) in [5, 5.41) is 12.0. The Morgan fingerprint density at radius 2 is 1.90 bits per heavy atom. The number of hydrogen-bond donors (Lipinski definition) is 2. The van der Waals surface area contributed by atoms with Crippen LogP contribution >= 0.6 is 0 Å². The Labute approximate surface area is 125 Å². The molecule has 0 spiro atoms. The molecule has 1 aliphatic rings. The summed E-state index contributed by atoms with van der Waals surface area (Å²) in [5.74, 6) is 0.257. The van der Waals surface area contributed by atoms with E-state index in [1.165, 1.54) is 0 Å². The molecule has 1 aliphatic heterocycles. The van der Waals surface area contributed by atoms with Gasteiger partial charge >= 0.3 is 0 Å². The van der Waals surface area contributed by atoms with Crippen molar-refractivity contribution in [3.63, 3.8) is 0 Å². The van der Waals surface area contributed by atoms with Crippen molar-refractivity contribution in [2.45, 2.75) is 32.6 Å². The van der Waals surface area contributed by atoms with Crippen molar-refractivity contribution in [1.29, 1.82) is 0 Å². The van der Waals surface area contributed by atoms with Crippen LogP contribution in [0.1, 0.15) is 38.2 Å². The average molecular weight is 289 g/mol. The van der Waals surface area contributed by atoms with E-state index in [2.05, 4.69) is 5.16 Å². The van der Waals surface area contributed by atoms with E-state index in [9.17, 15) is 4.79 Å². The average Bonchev–Trinajstić information content (AvgIpc) is 2.54. The number of oxime groups is 1. The second kappa shape index (κ2) is 6.16. The number of carbonyl (C=O) groups excluding carboxylic acids is 1. The second-order valence-corrected chi connectivity index (χ2v) is 6.00. The summed E-state index contributed by atoms with van der Waals surface area (Å²) < 4.78 is 0. The third-order valence-electron chi connectivity index (χ3n) is 4.57. The summed E-state index contributed by atoms with van der Waals surface area (Å²) in [4.78, 5) is 14.4. The van der Waals surface area contributed by atoms with Gasteiger partial charge in [-0.1, -0.05) is 42.4 Å². The van der Waals surface area contributed by atoms with E-state index in [-0.39, 0.29) is 23.1 Å². The highest BCUT2D eigenvalue weighted by Crippen LogP contribution is 2.32. The van der Waals surface area contributed by atoms with Gasteiger partial charge in [0.25, 0.3) is 0 Å². The van der Waals surface area contributed by atoms with Crippen LogP contribution in [-0.4, -0.2) is 34.9 Å². The fourth-order valence-corrected chi connectivity index (χ4v) is 2.76. The van der Waals surface area contributed by atoms with Gasteiger partial charge in [-0.2, -0.15) is 0 Å². The third kappa shape index (κ3) is 3.17. The predicted molar refractivity (Wildman–Crippen MR) is 82.2 cm³/mol. The first-order valence-electron chi connectivity index (χ1n) is 7.29. The molecule has 1 heterocycles. The molecule has 0 bridgehead atoms. The van der Waals surface area contributed by atoms with Gasteiger partial charge in [0.05, 0.1) is 5.92 Å². The third-order valence-corrected chi connectivity index (χ3v) is 4.57. The molecule has 0 radical (unpaired) electrons. The minimum Gasteiger partial charge on any atom is -0.409 e. The van der Waals surface area contributed by atoms with E-state index in [1.807, 2.05) is 49.1 Å². The van der Waals surface area contributed by atoms with Crippen LogP contribution in [0.2, 0.25) is 0 Å². The molecule has 0 saturated carbocycles. The predicted octanol–water partition coefficient (Wildman–Crippen LogP) is 2.17. The molecular formula is C16H23N3O2. The van der Waals surface area contributed by atoms with Crippen LogP contribution < -0.4 is 5.73 Å². The quantitative estimate of drug-likeness (QED) is 0.387. The molecule has 0 aromatic heterocycles. The van der Waals surface area contributed by atoms with Gasteiger partial charge in [-0.05, 0) is 25.3 Å². The lowest BCUT2D eigenvalue weighted by Gasteiger charge is -2.39. The van der Waals surface area contributed by atoms with E-state index in [0.717, 1.165) is 18.4 Å². The van der Waals surface area contributed by atoms with Crippen LogP contribution in [0.15, 0.2) is 35.5 Å². The summed E-state index contributed by atoms with van der Waals surface area (Å²) in [6, 6.07) is 9.81. The van der Waals surface area contributed by atoms with Crippen LogP contribution in [0.25, 0.3) is 0 Å². The van der Waals surface area contributed by atoms with Gasteiger partial charge in [-0.3, -0.25) is 4.79 Å². The van der Waals surface area contributed by atoms with Gasteiger partial charge in [0.1, 0.15) is 5.84 Å². The molecule has 1 fully saturated rings. The molecule has 21 heavy (non-hydrogen) atoms. The standard InChI is InChI=1S/C16H23N3O2/c1-12(13-6-4-3-5-7-13)14(20)19-10-8-16(2,9-11-19)15(17)18-21/h3-7,12,21H,8-11H2,1-2H3,(H2,17,18). The minimum absolute atomic E-state index is 0.139. The molecule has 1 unspecified atom stereocenters. The number of nitrogens with two attached hydrogens (primary N) is 1. The molecule has 2 rings (SSSR count). The molecule has 114 valence electrons. The molecule has 1 saturated heterocycles. The maximum Gasteiger partial charge on any atom is 0.229 e. The summed E-state index contributed by atoms with van der Waals surface area (Å²) >= 11 is 0. The van der Waals surface area contributed by atoms with Crippen LogP contribution in [0.5, 0.6) is 0 Å². The second-order valence-electron chi connectivity index (χ2n) is 6.00. The Kier molecular flexibility index (Phi) is 4.50. The van der Waals surface area contributed by atoms with Crippen LogP contribution in [0.4, 0.5) is 0 Å². The zero-order valence-corrected chi connectivity index (χ0v) is 12.6. The van der Waals surface area contributed by atoms with Crippen LogP contribution in [0, 0.1) is 5.41 Å². The summed E-state index contributed by atoms with van der Waals surface area (Å²) in [5.41, 5.74) is 6.47. The number of carbonyl (C=O) groups is 1. The number of benzene rings is 1. The monoisotopic (exact) mass is 289 g/mol. The fraction of sp³-hybridized carbons (Fsp3) is 0.500. The summed E-state index contributed by atoms with van der Waals surface area (Å²) in [7, 11) is 0. The van der Waals surface area contributed by atoms with Gasteiger partial charge in [0.2, 0.25) is 5.91 Å². The normalized spacial score (nSPS) is 20.1. The Bertz CT molecular complexity index is 520. The first-order chi connectivity index (χ1) is 9.98. The molecule has 1 atom stereocenters. The van der Waals surface area contributed by atoms with E-state index < -0.39 is 0 Å². The first kappa shape index (κ1) is 15.4. The van der Waals surface area contributed by atoms with Crippen molar-refractivity contribution in [2.75, 3.05) is 13.1 Å². The number of rotatable bonds is 3. The molecule has 3 N–H and O–H groups in total. The lowest BCUT2D eigenvalue weighted by molar-refractivity contribution is -0.134. The lowest BCUT2D eigenvalue weighted by atomic mass is 9.79. The van der Waals surface area contributed by atoms with E-state index >= 15 is 0 Å². The zero-order chi connectivity index (χ0) is 15.5. The largest absolute Gasteiger partial charge is 0.409 e. The van der Waals surface area contributed by atoms with Crippen molar-refractivity contribution < 1.29 is 10.0 Å². The van der Waals surface area contributed by atoms with Crippen LogP contribution in [0.3, 0.4) is 0 Å². The summed E-state index contributed by atoms with van der Waals surface area (Å²) in [6.45, 7) is 5.20. The highest BCUT2D eigenvalue weighted by atomic mass is 16.4. The van der Waals surface area contributed by atoms with Gasteiger partial charge in [-0.25, -0.2) is 0 Å². The van der Waals surface area contributed by atoms with Gasteiger partial charge in [-0.15, -0.1) is 0 Å². The van der Waals surface area contributed by atoms with Crippen molar-refractivity contribution in [1.82, 2.24) is 4.90 Å². The molecule has 5 nitrogen and oxygen atoms in total. The SMILES string of the molecule is CC(C(=O)N1CCC(C)(/C(N)=N/O)CC1)c1ccccc1. The van der Waals surface area contributed by atoms with E-state index in [4.69, 9.17) is 10.9 Å². The number of amidine groups is 1. The molecular weight excluding hydrogens is 266 g/mol. The Hall–Kier alpha value is -2.04. The van der Waals surface area contributed by atoms with E-state index in [1.54, 1.807) is 0 Å². The summed E-state index contributed by atoms with van der Waals surface area (Å²) in [6.07, 6.45) is 1.44. The first-order valence-corrected chi connectivity index (χ1v) is 7.29. The molecule has 0 aliphatic carbocycles. The molecule has 5 heteroatoms. The maximum atomic E-state index is 12.6. The van der Waals surface area contributed by atoms with Gasteiger partial charge in [0, 0.05) is 18.5 Å². The smallest absolute Gasteiger partial charge is 0.229 e. The lowest BCUT2D eigenvalue weighted by Crippen LogP contribution is -2.48. The number of hydrogen-bond acceptors (Lipinski definition) is 3. The molecule has 1 aromatic rings.